The molecular formula is C20H25N3O3. The fourth-order valence-corrected chi connectivity index (χ4v) is 2.46. The van der Waals surface area contributed by atoms with Gasteiger partial charge in [-0.15, -0.1) is 0 Å². The van der Waals surface area contributed by atoms with E-state index < -0.39 is 0 Å². The second-order valence-electron chi connectivity index (χ2n) is 5.87. The molecule has 6 nitrogen and oxygen atoms in total. The van der Waals surface area contributed by atoms with Crippen LogP contribution >= 0.6 is 0 Å². The number of carbonyl (C=O) groups is 2. The number of methoxy groups -OCH3 is 1. The molecule has 0 aliphatic carbocycles. The summed E-state index contributed by atoms with van der Waals surface area (Å²) >= 11 is 0. The molecule has 0 spiro atoms. The summed E-state index contributed by atoms with van der Waals surface area (Å²) in [6.45, 7) is 3.19. The molecule has 2 aromatic rings. The van der Waals surface area contributed by atoms with Crippen molar-refractivity contribution < 1.29 is 14.3 Å². The summed E-state index contributed by atoms with van der Waals surface area (Å²) in [4.78, 5) is 24.7. The van der Waals surface area contributed by atoms with E-state index >= 15 is 0 Å². The predicted octanol–water partition coefficient (Wildman–Crippen LogP) is 2.35. The third-order valence-electron chi connectivity index (χ3n) is 3.86. The molecular weight excluding hydrogens is 330 g/mol. The number of hydrogen-bond donors (Lipinski definition) is 3. The molecule has 0 aliphatic rings. The Morgan fingerprint density at radius 2 is 1.73 bits per heavy atom. The molecule has 0 aliphatic heterocycles. The van der Waals surface area contributed by atoms with Crippen molar-refractivity contribution in [2.75, 3.05) is 32.1 Å². The second-order valence-corrected chi connectivity index (χ2v) is 5.87. The van der Waals surface area contributed by atoms with E-state index in [1.54, 1.807) is 31.4 Å². The zero-order valence-electron chi connectivity index (χ0n) is 15.1. The fourth-order valence-electron chi connectivity index (χ4n) is 2.46. The molecule has 0 fully saturated rings. The number of benzene rings is 2. The molecule has 2 aromatic carbocycles. The second kappa shape index (κ2) is 10.3. The van der Waals surface area contributed by atoms with Crippen LogP contribution in [-0.4, -0.2) is 38.6 Å². The van der Waals surface area contributed by atoms with Gasteiger partial charge in [0.05, 0.1) is 30.4 Å². The Hall–Kier alpha value is -2.70. The number of ether oxygens (including phenoxy) is 1. The molecule has 1 unspecified atom stereocenters. The van der Waals surface area contributed by atoms with Crippen LogP contribution in [-0.2, 0) is 9.53 Å². The van der Waals surface area contributed by atoms with Gasteiger partial charge in [0.15, 0.2) is 0 Å². The smallest absolute Gasteiger partial charge is 0.253 e. The van der Waals surface area contributed by atoms with Crippen LogP contribution in [0, 0.1) is 0 Å². The van der Waals surface area contributed by atoms with Crippen molar-refractivity contribution in [3.63, 3.8) is 0 Å². The number of nitrogens with one attached hydrogen (secondary N) is 3. The lowest BCUT2D eigenvalue weighted by Gasteiger charge is -2.16. The van der Waals surface area contributed by atoms with Crippen molar-refractivity contribution in [2.24, 2.45) is 0 Å². The molecule has 0 heterocycles. The van der Waals surface area contributed by atoms with E-state index in [4.69, 9.17) is 4.74 Å². The van der Waals surface area contributed by atoms with Crippen molar-refractivity contribution in [3.8, 4) is 0 Å². The molecule has 3 N–H and O–H groups in total. The van der Waals surface area contributed by atoms with Gasteiger partial charge in [0.25, 0.3) is 5.91 Å². The average Bonchev–Trinajstić information content (AvgIpc) is 2.66. The van der Waals surface area contributed by atoms with E-state index in [2.05, 4.69) is 16.0 Å². The minimum absolute atomic E-state index is 0.136. The summed E-state index contributed by atoms with van der Waals surface area (Å²) < 4.78 is 4.92. The highest BCUT2D eigenvalue weighted by Gasteiger charge is 2.15. The summed E-state index contributed by atoms with van der Waals surface area (Å²) in [6, 6.07) is 16.6. The minimum Gasteiger partial charge on any atom is -0.383 e. The first-order chi connectivity index (χ1) is 12.6. The van der Waals surface area contributed by atoms with Crippen LogP contribution in [0.25, 0.3) is 0 Å². The van der Waals surface area contributed by atoms with Gasteiger partial charge in [-0.1, -0.05) is 42.5 Å². The highest BCUT2D eigenvalue weighted by atomic mass is 16.5. The third-order valence-corrected chi connectivity index (χ3v) is 3.86. The van der Waals surface area contributed by atoms with E-state index in [-0.39, 0.29) is 24.4 Å². The highest BCUT2D eigenvalue weighted by molar-refractivity contribution is 6.04. The molecule has 0 bridgehead atoms. The van der Waals surface area contributed by atoms with Crippen molar-refractivity contribution in [2.45, 2.75) is 13.0 Å². The van der Waals surface area contributed by atoms with Gasteiger partial charge in [-0.05, 0) is 24.6 Å². The topological polar surface area (TPSA) is 79.5 Å². The van der Waals surface area contributed by atoms with Gasteiger partial charge < -0.3 is 20.7 Å². The quantitative estimate of drug-likeness (QED) is 0.603. The van der Waals surface area contributed by atoms with Crippen LogP contribution < -0.4 is 16.0 Å². The Balaban J connectivity index is 1.99. The van der Waals surface area contributed by atoms with Gasteiger partial charge in [-0.3, -0.25) is 9.59 Å². The molecule has 1 atom stereocenters. The maximum absolute atomic E-state index is 12.6. The van der Waals surface area contributed by atoms with Crippen molar-refractivity contribution in [3.05, 3.63) is 65.7 Å². The van der Waals surface area contributed by atoms with E-state index in [1.807, 2.05) is 37.3 Å². The lowest BCUT2D eigenvalue weighted by atomic mass is 10.1. The normalized spacial score (nSPS) is 11.6. The SMILES string of the molecule is COCCNCC(=O)Nc1ccccc1C(=O)NC(C)c1ccccc1. The lowest BCUT2D eigenvalue weighted by molar-refractivity contribution is -0.115. The Bertz CT molecular complexity index is 719. The first-order valence-electron chi connectivity index (χ1n) is 8.56. The number of hydrogen-bond acceptors (Lipinski definition) is 4. The number of carbonyl (C=O) groups excluding carboxylic acids is 2. The van der Waals surface area contributed by atoms with Crippen LogP contribution in [0.15, 0.2) is 54.6 Å². The maximum atomic E-state index is 12.6. The summed E-state index contributed by atoms with van der Waals surface area (Å²) in [5.41, 5.74) is 1.94. The van der Waals surface area contributed by atoms with Gasteiger partial charge in [-0.25, -0.2) is 0 Å². The fraction of sp³-hybridized carbons (Fsp3) is 0.300. The maximum Gasteiger partial charge on any atom is 0.253 e. The van der Waals surface area contributed by atoms with Crippen LogP contribution in [0.5, 0.6) is 0 Å². The summed E-state index contributed by atoms with van der Waals surface area (Å²) in [5.74, 6) is -0.443. The number of anilines is 1. The van der Waals surface area contributed by atoms with Crippen LogP contribution in [0.1, 0.15) is 28.9 Å². The van der Waals surface area contributed by atoms with Gasteiger partial charge in [-0.2, -0.15) is 0 Å². The third kappa shape index (κ3) is 5.98. The molecule has 2 rings (SSSR count). The predicted molar refractivity (Wildman–Crippen MR) is 102 cm³/mol. The molecule has 0 saturated heterocycles. The largest absolute Gasteiger partial charge is 0.383 e. The number of rotatable bonds is 9. The summed E-state index contributed by atoms with van der Waals surface area (Å²) in [6.07, 6.45) is 0. The van der Waals surface area contributed by atoms with E-state index in [9.17, 15) is 9.59 Å². The molecule has 138 valence electrons. The van der Waals surface area contributed by atoms with Crippen LogP contribution in [0.3, 0.4) is 0 Å². The zero-order chi connectivity index (χ0) is 18.8. The van der Waals surface area contributed by atoms with Crippen LogP contribution in [0.2, 0.25) is 0 Å². The number of amides is 2. The highest BCUT2D eigenvalue weighted by Crippen LogP contribution is 2.17. The first-order valence-corrected chi connectivity index (χ1v) is 8.56. The van der Waals surface area contributed by atoms with Gasteiger partial charge in [0.1, 0.15) is 0 Å². The van der Waals surface area contributed by atoms with Crippen molar-refractivity contribution >= 4 is 17.5 Å². The standard InChI is InChI=1S/C20H25N3O3/c1-15(16-8-4-3-5-9-16)22-20(25)17-10-6-7-11-18(17)23-19(24)14-21-12-13-26-2/h3-11,15,21H,12-14H2,1-2H3,(H,22,25)(H,23,24). The zero-order valence-corrected chi connectivity index (χ0v) is 15.1. The monoisotopic (exact) mass is 355 g/mol. The van der Waals surface area contributed by atoms with Crippen molar-refractivity contribution in [1.29, 1.82) is 0 Å². The Labute approximate surface area is 153 Å². The molecule has 0 aromatic heterocycles. The molecule has 6 heteroatoms. The van der Waals surface area contributed by atoms with Gasteiger partial charge in [0.2, 0.25) is 5.91 Å². The molecule has 26 heavy (non-hydrogen) atoms. The Morgan fingerprint density at radius 1 is 1.04 bits per heavy atom. The summed E-state index contributed by atoms with van der Waals surface area (Å²) in [7, 11) is 1.60. The van der Waals surface area contributed by atoms with Crippen molar-refractivity contribution in [1.82, 2.24) is 10.6 Å². The van der Waals surface area contributed by atoms with Gasteiger partial charge >= 0.3 is 0 Å². The van der Waals surface area contributed by atoms with Crippen LogP contribution in [0.4, 0.5) is 5.69 Å². The van der Waals surface area contributed by atoms with E-state index in [0.29, 0.717) is 24.4 Å². The molecule has 0 radical (unpaired) electrons. The Kier molecular flexibility index (Phi) is 7.79. The number of para-hydroxylation sites is 1. The molecule has 0 saturated carbocycles. The first kappa shape index (κ1) is 19.6. The minimum atomic E-state index is -0.232. The average molecular weight is 355 g/mol. The lowest BCUT2D eigenvalue weighted by Crippen LogP contribution is -2.32. The Morgan fingerprint density at radius 3 is 2.46 bits per heavy atom. The van der Waals surface area contributed by atoms with Gasteiger partial charge in [0, 0.05) is 13.7 Å². The molecule has 2 amide bonds. The van der Waals surface area contributed by atoms with E-state index in [1.165, 1.54) is 0 Å². The van der Waals surface area contributed by atoms with E-state index in [0.717, 1.165) is 5.56 Å². The summed E-state index contributed by atoms with van der Waals surface area (Å²) in [5, 5.41) is 8.71.